The normalized spacial score (nSPS) is 10.8. The Balaban J connectivity index is 1.79. The van der Waals surface area contributed by atoms with Crippen molar-refractivity contribution in [2.75, 3.05) is 0 Å². The van der Waals surface area contributed by atoms with Crippen LogP contribution in [0.5, 0.6) is 0 Å². The maximum atomic E-state index is 12.0. The third kappa shape index (κ3) is 2.65. The number of carbonyl (C=O) groups excluding carboxylic acids is 1. The number of carbonyl (C=O) groups is 1. The predicted molar refractivity (Wildman–Crippen MR) is 80.2 cm³/mol. The summed E-state index contributed by atoms with van der Waals surface area (Å²) in [5.41, 5.74) is 4.30. The Morgan fingerprint density at radius 2 is 1.90 bits per heavy atom. The number of aryl methyl sites for hydroxylation is 2. The fraction of sp³-hybridized carbons (Fsp3) is 0.176. The van der Waals surface area contributed by atoms with Crippen molar-refractivity contribution >= 4 is 11.6 Å². The first-order valence-electron chi connectivity index (χ1n) is 6.81. The Morgan fingerprint density at radius 1 is 1.14 bits per heavy atom. The molecule has 1 aromatic carbocycles. The maximum absolute atomic E-state index is 12.0. The van der Waals surface area contributed by atoms with Gasteiger partial charge in [0.1, 0.15) is 12.3 Å². The molecule has 106 valence electrons. The van der Waals surface area contributed by atoms with E-state index >= 15 is 0 Å². The fourth-order valence-electron chi connectivity index (χ4n) is 2.24. The Bertz CT molecular complexity index is 788. The van der Waals surface area contributed by atoms with E-state index in [0.717, 1.165) is 22.6 Å². The van der Waals surface area contributed by atoms with Crippen LogP contribution < -0.4 is 0 Å². The summed E-state index contributed by atoms with van der Waals surface area (Å²) in [6.45, 7) is 4.11. The second kappa shape index (κ2) is 5.40. The van der Waals surface area contributed by atoms with Crippen LogP contribution in [0, 0.1) is 13.8 Å². The van der Waals surface area contributed by atoms with E-state index in [1.165, 1.54) is 0 Å². The summed E-state index contributed by atoms with van der Waals surface area (Å²) in [4.78, 5) is 16.5. The molecule has 0 aliphatic rings. The highest BCUT2D eigenvalue weighted by Crippen LogP contribution is 2.14. The second-order valence-electron chi connectivity index (χ2n) is 5.01. The Hall–Kier alpha value is -2.62. The molecule has 0 aliphatic heterocycles. The molecule has 0 radical (unpaired) electrons. The highest BCUT2D eigenvalue weighted by molar-refractivity contribution is 5.89. The van der Waals surface area contributed by atoms with Gasteiger partial charge in [-0.15, -0.1) is 0 Å². The Kier molecular flexibility index (Phi) is 3.44. The van der Waals surface area contributed by atoms with E-state index in [1.807, 2.05) is 54.8 Å². The summed E-state index contributed by atoms with van der Waals surface area (Å²) in [5.74, 6) is -0.319. The van der Waals surface area contributed by atoms with Gasteiger partial charge in [-0.1, -0.05) is 23.8 Å². The van der Waals surface area contributed by atoms with Gasteiger partial charge in [0.15, 0.2) is 0 Å². The summed E-state index contributed by atoms with van der Waals surface area (Å²) < 4.78 is 7.34. The molecule has 0 amide bonds. The quantitative estimate of drug-likeness (QED) is 0.691. The summed E-state index contributed by atoms with van der Waals surface area (Å²) in [6.07, 6.45) is 1.92. The van der Waals surface area contributed by atoms with Gasteiger partial charge in [0.05, 0.1) is 17.0 Å². The van der Waals surface area contributed by atoms with E-state index < -0.39 is 0 Å². The largest absolute Gasteiger partial charge is 0.456 e. The average Bonchev–Trinajstić information content (AvgIpc) is 2.81. The lowest BCUT2D eigenvalue weighted by Crippen LogP contribution is -2.07. The topological polar surface area (TPSA) is 43.6 Å². The summed E-state index contributed by atoms with van der Waals surface area (Å²) in [5, 5.41) is 0. The van der Waals surface area contributed by atoms with Gasteiger partial charge in [-0.25, -0.2) is 9.78 Å². The lowest BCUT2D eigenvalue weighted by atomic mass is 10.1. The number of hydrogen-bond acceptors (Lipinski definition) is 3. The zero-order chi connectivity index (χ0) is 14.8. The predicted octanol–water partition coefficient (Wildman–Crippen LogP) is 3.31. The monoisotopic (exact) mass is 280 g/mol. The molecule has 2 heterocycles. The number of esters is 1. The van der Waals surface area contributed by atoms with E-state index in [-0.39, 0.29) is 12.6 Å². The number of imidazole rings is 1. The van der Waals surface area contributed by atoms with Crippen molar-refractivity contribution in [2.45, 2.75) is 20.5 Å². The standard InChI is InChI=1S/C17H16N2O2/c1-12-6-8-14(9-7-12)17(20)21-11-15-13(2)18-16-5-3-4-10-19(15)16/h3-10H,11H2,1-2H3. The second-order valence-corrected chi connectivity index (χ2v) is 5.01. The molecule has 0 spiro atoms. The van der Waals surface area contributed by atoms with Gasteiger partial charge in [-0.2, -0.15) is 0 Å². The van der Waals surface area contributed by atoms with Crippen molar-refractivity contribution in [3.63, 3.8) is 0 Å². The smallest absolute Gasteiger partial charge is 0.338 e. The van der Waals surface area contributed by atoms with Crippen LogP contribution in [0.15, 0.2) is 48.7 Å². The van der Waals surface area contributed by atoms with Crippen molar-refractivity contribution in [1.82, 2.24) is 9.38 Å². The van der Waals surface area contributed by atoms with Crippen LogP contribution in [0.1, 0.15) is 27.3 Å². The number of hydrogen-bond donors (Lipinski definition) is 0. The zero-order valence-corrected chi connectivity index (χ0v) is 12.0. The highest BCUT2D eigenvalue weighted by Gasteiger charge is 2.12. The lowest BCUT2D eigenvalue weighted by Gasteiger charge is -2.06. The molecule has 0 unspecified atom stereocenters. The van der Waals surface area contributed by atoms with Gasteiger partial charge in [0, 0.05) is 6.20 Å². The summed E-state index contributed by atoms with van der Waals surface area (Å²) in [7, 11) is 0. The van der Waals surface area contributed by atoms with E-state index in [9.17, 15) is 4.79 Å². The number of rotatable bonds is 3. The minimum Gasteiger partial charge on any atom is -0.456 e. The van der Waals surface area contributed by atoms with Gasteiger partial charge in [0.2, 0.25) is 0 Å². The maximum Gasteiger partial charge on any atom is 0.338 e. The minimum atomic E-state index is -0.319. The molecule has 0 bridgehead atoms. The highest BCUT2D eigenvalue weighted by atomic mass is 16.5. The number of benzene rings is 1. The molecule has 3 rings (SSSR count). The van der Waals surface area contributed by atoms with Crippen molar-refractivity contribution in [3.05, 3.63) is 71.2 Å². The third-order valence-corrected chi connectivity index (χ3v) is 3.46. The van der Waals surface area contributed by atoms with E-state index in [2.05, 4.69) is 4.98 Å². The Labute approximate surface area is 123 Å². The van der Waals surface area contributed by atoms with Crippen molar-refractivity contribution in [1.29, 1.82) is 0 Å². The molecule has 3 aromatic rings. The summed E-state index contributed by atoms with van der Waals surface area (Å²) >= 11 is 0. The Morgan fingerprint density at radius 3 is 2.67 bits per heavy atom. The first kappa shape index (κ1) is 13.4. The van der Waals surface area contributed by atoms with Gasteiger partial charge >= 0.3 is 5.97 Å². The zero-order valence-electron chi connectivity index (χ0n) is 12.0. The van der Waals surface area contributed by atoms with Gasteiger partial charge in [-0.05, 0) is 38.1 Å². The van der Waals surface area contributed by atoms with E-state index in [4.69, 9.17) is 4.74 Å². The minimum absolute atomic E-state index is 0.212. The molecule has 0 fully saturated rings. The van der Waals surface area contributed by atoms with Crippen LogP contribution in [0.3, 0.4) is 0 Å². The molecular weight excluding hydrogens is 264 g/mol. The molecule has 21 heavy (non-hydrogen) atoms. The molecule has 4 heteroatoms. The average molecular weight is 280 g/mol. The van der Waals surface area contributed by atoms with Crippen molar-refractivity contribution in [3.8, 4) is 0 Å². The first-order chi connectivity index (χ1) is 10.1. The molecule has 0 N–H and O–H groups in total. The first-order valence-corrected chi connectivity index (χ1v) is 6.81. The van der Waals surface area contributed by atoms with Crippen LogP contribution in [0.2, 0.25) is 0 Å². The third-order valence-electron chi connectivity index (χ3n) is 3.46. The van der Waals surface area contributed by atoms with Gasteiger partial charge < -0.3 is 9.14 Å². The number of nitrogens with zero attached hydrogens (tertiary/aromatic N) is 2. The van der Waals surface area contributed by atoms with Crippen molar-refractivity contribution in [2.24, 2.45) is 0 Å². The molecular formula is C17H16N2O2. The van der Waals surface area contributed by atoms with Gasteiger partial charge in [-0.3, -0.25) is 0 Å². The molecule has 2 aromatic heterocycles. The van der Waals surface area contributed by atoms with E-state index in [1.54, 1.807) is 12.1 Å². The van der Waals surface area contributed by atoms with E-state index in [0.29, 0.717) is 5.56 Å². The number of pyridine rings is 1. The van der Waals surface area contributed by atoms with Crippen LogP contribution in [0.25, 0.3) is 5.65 Å². The van der Waals surface area contributed by atoms with Crippen LogP contribution in [-0.2, 0) is 11.3 Å². The van der Waals surface area contributed by atoms with Gasteiger partial charge in [0.25, 0.3) is 0 Å². The molecule has 4 nitrogen and oxygen atoms in total. The number of fused-ring (bicyclic) bond motifs is 1. The number of aromatic nitrogens is 2. The van der Waals surface area contributed by atoms with Crippen LogP contribution in [0.4, 0.5) is 0 Å². The fourth-order valence-corrected chi connectivity index (χ4v) is 2.24. The van der Waals surface area contributed by atoms with Crippen LogP contribution in [-0.4, -0.2) is 15.4 Å². The van der Waals surface area contributed by atoms with Crippen LogP contribution >= 0.6 is 0 Å². The lowest BCUT2D eigenvalue weighted by molar-refractivity contribution is 0.0466. The number of ether oxygens (including phenoxy) is 1. The molecule has 0 atom stereocenters. The van der Waals surface area contributed by atoms with Crippen molar-refractivity contribution < 1.29 is 9.53 Å². The molecule has 0 saturated carbocycles. The SMILES string of the molecule is Cc1ccc(C(=O)OCc2c(C)nc3ccccn23)cc1. The molecule has 0 aliphatic carbocycles. The summed E-state index contributed by atoms with van der Waals surface area (Å²) in [6, 6.07) is 13.1. The molecule has 0 saturated heterocycles.